The molecule has 0 saturated heterocycles. The Labute approximate surface area is 136 Å². The van der Waals surface area contributed by atoms with Gasteiger partial charge in [0.05, 0.1) is 6.10 Å². The highest BCUT2D eigenvalue weighted by Crippen LogP contribution is 2.25. The number of carbonyl (C=O) groups is 1. The van der Waals surface area contributed by atoms with Crippen molar-refractivity contribution in [3.05, 3.63) is 33.8 Å². The van der Waals surface area contributed by atoms with E-state index >= 15 is 0 Å². The summed E-state index contributed by atoms with van der Waals surface area (Å²) in [6, 6.07) is 5.09. The molecule has 0 radical (unpaired) electrons. The van der Waals surface area contributed by atoms with Gasteiger partial charge in [0.25, 0.3) is 0 Å². The Kier molecular flexibility index (Phi) is 7.29. The molecule has 1 aromatic carbocycles. The van der Waals surface area contributed by atoms with E-state index < -0.39 is 6.10 Å². The monoisotopic (exact) mass is 332 g/mol. The van der Waals surface area contributed by atoms with Crippen LogP contribution in [-0.2, 0) is 6.42 Å². The van der Waals surface area contributed by atoms with Crippen molar-refractivity contribution in [1.29, 1.82) is 0 Å². The first kappa shape index (κ1) is 18.1. The quantitative estimate of drug-likeness (QED) is 0.839. The molecule has 1 aromatic rings. The number of nitrogens with one attached hydrogen (secondary N) is 1. The van der Waals surface area contributed by atoms with Crippen molar-refractivity contribution in [3.8, 4) is 0 Å². The van der Waals surface area contributed by atoms with E-state index in [9.17, 15) is 9.90 Å². The molecule has 1 rings (SSSR count). The SMILES string of the molecule is CC(O)CCN(C)C(=O)NC(C)Cc1c(Cl)cccc1Cl. The average Bonchev–Trinajstić information content (AvgIpc) is 2.40. The smallest absolute Gasteiger partial charge is 0.317 e. The number of rotatable bonds is 6. The number of nitrogens with zero attached hydrogens (tertiary/aromatic N) is 1. The lowest BCUT2D eigenvalue weighted by Crippen LogP contribution is -2.43. The summed E-state index contributed by atoms with van der Waals surface area (Å²) in [5.74, 6) is 0. The maximum absolute atomic E-state index is 12.0. The van der Waals surface area contributed by atoms with Crippen LogP contribution in [0.15, 0.2) is 18.2 Å². The number of amides is 2. The Morgan fingerprint density at radius 1 is 1.33 bits per heavy atom. The molecule has 118 valence electrons. The zero-order valence-electron chi connectivity index (χ0n) is 12.6. The largest absolute Gasteiger partial charge is 0.393 e. The summed E-state index contributed by atoms with van der Waals surface area (Å²) in [4.78, 5) is 13.5. The van der Waals surface area contributed by atoms with Crippen LogP contribution < -0.4 is 5.32 Å². The molecule has 4 nitrogen and oxygen atoms in total. The molecule has 0 aliphatic rings. The van der Waals surface area contributed by atoms with Gasteiger partial charge in [0.15, 0.2) is 0 Å². The minimum atomic E-state index is -0.417. The predicted molar refractivity (Wildman–Crippen MR) is 87.1 cm³/mol. The van der Waals surface area contributed by atoms with Gasteiger partial charge in [0.2, 0.25) is 0 Å². The van der Waals surface area contributed by atoms with Crippen molar-refractivity contribution >= 4 is 29.2 Å². The molecule has 0 bridgehead atoms. The van der Waals surface area contributed by atoms with Crippen molar-refractivity contribution in [1.82, 2.24) is 10.2 Å². The number of benzene rings is 1. The number of hydrogen-bond donors (Lipinski definition) is 2. The molecule has 2 N–H and O–H groups in total. The van der Waals surface area contributed by atoms with Crippen LogP contribution in [0.3, 0.4) is 0 Å². The molecule has 0 saturated carbocycles. The lowest BCUT2D eigenvalue weighted by atomic mass is 10.1. The second-order valence-corrected chi connectivity index (χ2v) is 6.13. The lowest BCUT2D eigenvalue weighted by molar-refractivity contribution is 0.162. The fourth-order valence-electron chi connectivity index (χ4n) is 1.89. The van der Waals surface area contributed by atoms with E-state index in [-0.39, 0.29) is 12.1 Å². The molecule has 0 heterocycles. The highest BCUT2D eigenvalue weighted by molar-refractivity contribution is 6.36. The molecular formula is C15H22Cl2N2O2. The van der Waals surface area contributed by atoms with Crippen LogP contribution in [0.25, 0.3) is 0 Å². The maximum atomic E-state index is 12.0. The van der Waals surface area contributed by atoms with Crippen LogP contribution in [-0.4, -0.2) is 41.8 Å². The second kappa shape index (κ2) is 8.47. The molecule has 0 aliphatic carbocycles. The molecular weight excluding hydrogens is 311 g/mol. The molecule has 21 heavy (non-hydrogen) atoms. The van der Waals surface area contributed by atoms with E-state index in [4.69, 9.17) is 23.2 Å². The summed E-state index contributed by atoms with van der Waals surface area (Å²) >= 11 is 12.2. The van der Waals surface area contributed by atoms with Gasteiger partial charge in [-0.05, 0) is 44.4 Å². The molecule has 0 fully saturated rings. The van der Waals surface area contributed by atoms with Crippen molar-refractivity contribution in [2.24, 2.45) is 0 Å². The van der Waals surface area contributed by atoms with Crippen LogP contribution >= 0.6 is 23.2 Å². The van der Waals surface area contributed by atoms with Gasteiger partial charge in [-0.2, -0.15) is 0 Å². The Morgan fingerprint density at radius 2 is 1.90 bits per heavy atom. The Hall–Kier alpha value is -0.970. The minimum absolute atomic E-state index is 0.0936. The Morgan fingerprint density at radius 3 is 2.43 bits per heavy atom. The summed E-state index contributed by atoms with van der Waals surface area (Å²) in [6.45, 7) is 4.11. The third-order valence-corrected chi connectivity index (χ3v) is 3.88. The fraction of sp³-hybridized carbons (Fsp3) is 0.533. The van der Waals surface area contributed by atoms with Crippen molar-refractivity contribution < 1.29 is 9.90 Å². The van der Waals surface area contributed by atoms with E-state index in [0.29, 0.717) is 29.4 Å². The second-order valence-electron chi connectivity index (χ2n) is 5.31. The first-order valence-corrected chi connectivity index (χ1v) is 7.69. The molecule has 0 aromatic heterocycles. The number of carbonyl (C=O) groups excluding carboxylic acids is 1. The van der Waals surface area contributed by atoms with Gasteiger partial charge in [0.1, 0.15) is 0 Å². The summed E-state index contributed by atoms with van der Waals surface area (Å²) in [7, 11) is 1.70. The van der Waals surface area contributed by atoms with Crippen LogP contribution in [0.2, 0.25) is 10.0 Å². The van der Waals surface area contributed by atoms with E-state index in [0.717, 1.165) is 5.56 Å². The topological polar surface area (TPSA) is 52.6 Å². The summed E-state index contributed by atoms with van der Waals surface area (Å²) in [5, 5.41) is 13.3. The number of aliphatic hydroxyl groups excluding tert-OH is 1. The molecule has 2 amide bonds. The Balaban J connectivity index is 2.53. The molecule has 0 aliphatic heterocycles. The number of hydrogen-bond acceptors (Lipinski definition) is 2. The molecule has 2 unspecified atom stereocenters. The number of urea groups is 1. The van der Waals surface area contributed by atoms with Gasteiger partial charge in [-0.3, -0.25) is 0 Å². The van der Waals surface area contributed by atoms with E-state index in [2.05, 4.69) is 5.32 Å². The van der Waals surface area contributed by atoms with E-state index in [1.807, 2.05) is 6.92 Å². The lowest BCUT2D eigenvalue weighted by Gasteiger charge is -2.22. The summed E-state index contributed by atoms with van der Waals surface area (Å²) in [6.07, 6.45) is 0.697. The van der Waals surface area contributed by atoms with Crippen LogP contribution in [0.1, 0.15) is 25.8 Å². The Bertz CT molecular complexity index is 460. The highest BCUT2D eigenvalue weighted by Gasteiger charge is 2.15. The van der Waals surface area contributed by atoms with Crippen molar-refractivity contribution in [2.45, 2.75) is 38.8 Å². The van der Waals surface area contributed by atoms with Gasteiger partial charge in [-0.1, -0.05) is 29.3 Å². The van der Waals surface area contributed by atoms with Gasteiger partial charge < -0.3 is 15.3 Å². The number of halogens is 2. The van der Waals surface area contributed by atoms with Crippen LogP contribution in [0.5, 0.6) is 0 Å². The normalized spacial score (nSPS) is 13.6. The standard InChI is InChI=1S/C15H22Cl2N2O2/c1-10(9-12-13(16)5-4-6-14(12)17)18-15(21)19(3)8-7-11(2)20/h4-6,10-11,20H,7-9H2,1-3H3,(H,18,21). The summed E-state index contributed by atoms with van der Waals surface area (Å²) < 4.78 is 0. The van der Waals surface area contributed by atoms with Gasteiger partial charge >= 0.3 is 6.03 Å². The van der Waals surface area contributed by atoms with Gasteiger partial charge in [-0.25, -0.2) is 4.79 Å². The predicted octanol–water partition coefficient (Wildman–Crippen LogP) is 3.34. The number of aliphatic hydroxyl groups is 1. The maximum Gasteiger partial charge on any atom is 0.317 e. The zero-order chi connectivity index (χ0) is 16.0. The molecule has 0 spiro atoms. The first-order valence-electron chi connectivity index (χ1n) is 6.93. The van der Waals surface area contributed by atoms with Crippen molar-refractivity contribution in [2.75, 3.05) is 13.6 Å². The third-order valence-electron chi connectivity index (χ3n) is 3.17. The molecule has 6 heteroatoms. The first-order chi connectivity index (χ1) is 9.81. The third kappa shape index (κ3) is 6.12. The van der Waals surface area contributed by atoms with E-state index in [1.54, 1.807) is 37.1 Å². The average molecular weight is 333 g/mol. The van der Waals surface area contributed by atoms with Crippen LogP contribution in [0.4, 0.5) is 4.79 Å². The fourth-order valence-corrected chi connectivity index (χ4v) is 2.44. The van der Waals surface area contributed by atoms with Crippen molar-refractivity contribution in [3.63, 3.8) is 0 Å². The zero-order valence-corrected chi connectivity index (χ0v) is 14.1. The highest BCUT2D eigenvalue weighted by atomic mass is 35.5. The van der Waals surface area contributed by atoms with Crippen LogP contribution in [0, 0.1) is 0 Å². The molecule has 2 atom stereocenters. The summed E-state index contributed by atoms with van der Waals surface area (Å²) in [5.41, 5.74) is 0.834. The van der Waals surface area contributed by atoms with E-state index in [1.165, 1.54) is 0 Å². The minimum Gasteiger partial charge on any atom is -0.393 e. The van der Waals surface area contributed by atoms with Gasteiger partial charge in [0, 0.05) is 29.7 Å². The van der Waals surface area contributed by atoms with Gasteiger partial charge in [-0.15, -0.1) is 0 Å².